The molecule has 5 heteroatoms. The van der Waals surface area contributed by atoms with Crippen molar-refractivity contribution in [3.8, 4) is 0 Å². The monoisotopic (exact) mass is 353 g/mol. The minimum atomic E-state index is 0.261. The third kappa shape index (κ3) is 3.53. The van der Waals surface area contributed by atoms with Crippen LogP contribution in [0.1, 0.15) is 12.8 Å². The summed E-state index contributed by atoms with van der Waals surface area (Å²) in [6.07, 6.45) is 1.59. The van der Waals surface area contributed by atoms with Crippen LogP contribution in [0.15, 0.2) is 58.3 Å². The second-order valence-electron chi connectivity index (χ2n) is 6.42. The average molecular weight is 353 g/mol. The number of nitrogens with zero attached hydrogens (tertiary/aromatic N) is 2. The molecule has 0 bridgehead atoms. The summed E-state index contributed by atoms with van der Waals surface area (Å²) in [5, 5.41) is 3.36. The van der Waals surface area contributed by atoms with Crippen LogP contribution in [-0.2, 0) is 4.79 Å². The number of hydrogen-bond donors (Lipinski definition) is 1. The number of para-hydroxylation sites is 2. The molecule has 1 saturated heterocycles. The van der Waals surface area contributed by atoms with Gasteiger partial charge in [-0.15, -0.1) is 0 Å². The summed E-state index contributed by atoms with van der Waals surface area (Å²) in [5.74, 6) is 0.261. The minimum Gasteiger partial charge on any atom is -0.341 e. The van der Waals surface area contributed by atoms with Crippen molar-refractivity contribution in [2.75, 3.05) is 37.6 Å². The third-order valence-electron chi connectivity index (χ3n) is 4.77. The van der Waals surface area contributed by atoms with Gasteiger partial charge in [-0.1, -0.05) is 36.0 Å². The van der Waals surface area contributed by atoms with Crippen molar-refractivity contribution < 1.29 is 4.79 Å². The highest BCUT2D eigenvalue weighted by molar-refractivity contribution is 7.99. The number of carbonyl (C=O) groups is 1. The van der Waals surface area contributed by atoms with E-state index < -0.39 is 0 Å². The van der Waals surface area contributed by atoms with E-state index in [2.05, 4.69) is 58.7 Å². The number of amides is 1. The molecule has 130 valence electrons. The van der Waals surface area contributed by atoms with Gasteiger partial charge in [0.2, 0.25) is 5.91 Å². The van der Waals surface area contributed by atoms with Gasteiger partial charge in [-0.25, -0.2) is 0 Å². The molecule has 0 saturated carbocycles. The first-order valence-corrected chi connectivity index (χ1v) is 9.76. The second kappa shape index (κ2) is 7.50. The molecule has 1 amide bonds. The molecule has 4 rings (SSSR count). The van der Waals surface area contributed by atoms with Crippen LogP contribution in [0.2, 0.25) is 0 Å². The molecule has 0 spiro atoms. The van der Waals surface area contributed by atoms with E-state index in [0.717, 1.165) is 39.1 Å². The normalized spacial score (nSPS) is 16.8. The van der Waals surface area contributed by atoms with Crippen LogP contribution < -0.4 is 10.2 Å². The average Bonchev–Trinajstić information content (AvgIpc) is 2.94. The molecular weight excluding hydrogens is 330 g/mol. The molecule has 1 N–H and O–H groups in total. The number of fused-ring (bicyclic) bond motifs is 2. The first-order chi connectivity index (χ1) is 12.3. The van der Waals surface area contributed by atoms with Gasteiger partial charge in [-0.05, 0) is 37.2 Å². The fourth-order valence-corrected chi connectivity index (χ4v) is 4.58. The van der Waals surface area contributed by atoms with Crippen LogP contribution in [0.5, 0.6) is 0 Å². The molecule has 2 heterocycles. The van der Waals surface area contributed by atoms with Crippen molar-refractivity contribution in [3.05, 3.63) is 48.5 Å². The standard InChI is InChI=1S/C20H23N3OS/c24-20(22-13-5-11-21-12-15-22)10-14-23-16-6-1-3-8-18(16)25-19-9-4-2-7-17(19)23/h1-4,6-9,21H,5,10-15H2. The molecule has 0 atom stereocenters. The molecule has 2 aliphatic rings. The van der Waals surface area contributed by atoms with Gasteiger partial charge in [0.25, 0.3) is 0 Å². The van der Waals surface area contributed by atoms with Gasteiger partial charge in [0.1, 0.15) is 0 Å². The zero-order valence-corrected chi connectivity index (χ0v) is 15.1. The van der Waals surface area contributed by atoms with Crippen molar-refractivity contribution in [3.63, 3.8) is 0 Å². The molecule has 25 heavy (non-hydrogen) atoms. The summed E-state index contributed by atoms with van der Waals surface area (Å²) in [6, 6.07) is 16.9. The predicted molar refractivity (Wildman–Crippen MR) is 103 cm³/mol. The van der Waals surface area contributed by atoms with E-state index in [1.165, 1.54) is 21.2 Å². The molecule has 2 aromatic carbocycles. The number of rotatable bonds is 3. The molecule has 0 unspecified atom stereocenters. The van der Waals surface area contributed by atoms with Crippen molar-refractivity contribution in [2.24, 2.45) is 0 Å². The highest BCUT2D eigenvalue weighted by Crippen LogP contribution is 2.47. The smallest absolute Gasteiger partial charge is 0.224 e. The maximum atomic E-state index is 12.7. The number of carbonyl (C=O) groups excluding carboxylic acids is 1. The van der Waals surface area contributed by atoms with Gasteiger partial charge in [0.05, 0.1) is 11.4 Å². The maximum Gasteiger partial charge on any atom is 0.224 e. The Morgan fingerprint density at radius 2 is 1.64 bits per heavy atom. The van der Waals surface area contributed by atoms with Crippen LogP contribution in [0, 0.1) is 0 Å². The Labute approximate surface area is 153 Å². The Hall–Kier alpha value is -1.98. The summed E-state index contributed by atoms with van der Waals surface area (Å²) in [7, 11) is 0. The minimum absolute atomic E-state index is 0.261. The maximum absolute atomic E-state index is 12.7. The first kappa shape index (κ1) is 16.5. The Bertz CT molecular complexity index is 711. The molecule has 2 aliphatic heterocycles. The van der Waals surface area contributed by atoms with Gasteiger partial charge < -0.3 is 15.1 Å². The quantitative estimate of drug-likeness (QED) is 0.916. The van der Waals surface area contributed by atoms with E-state index in [-0.39, 0.29) is 5.91 Å². The van der Waals surface area contributed by atoms with Gasteiger partial charge in [-0.3, -0.25) is 4.79 Å². The lowest BCUT2D eigenvalue weighted by molar-refractivity contribution is -0.130. The first-order valence-electron chi connectivity index (χ1n) is 8.95. The van der Waals surface area contributed by atoms with Crippen LogP contribution in [0.4, 0.5) is 11.4 Å². The number of anilines is 2. The van der Waals surface area contributed by atoms with E-state index in [4.69, 9.17) is 0 Å². The van der Waals surface area contributed by atoms with Crippen molar-refractivity contribution in [2.45, 2.75) is 22.6 Å². The summed E-state index contributed by atoms with van der Waals surface area (Å²) < 4.78 is 0. The van der Waals surface area contributed by atoms with E-state index in [9.17, 15) is 4.79 Å². The van der Waals surface area contributed by atoms with Crippen molar-refractivity contribution >= 4 is 29.0 Å². The van der Waals surface area contributed by atoms with Gasteiger partial charge in [-0.2, -0.15) is 0 Å². The lowest BCUT2D eigenvalue weighted by Gasteiger charge is -2.33. The third-order valence-corrected chi connectivity index (χ3v) is 5.90. The molecular formula is C20H23N3OS. The van der Waals surface area contributed by atoms with Crippen LogP contribution in [-0.4, -0.2) is 43.5 Å². The van der Waals surface area contributed by atoms with E-state index in [0.29, 0.717) is 6.42 Å². The largest absolute Gasteiger partial charge is 0.341 e. The highest BCUT2D eigenvalue weighted by atomic mass is 32.2. The van der Waals surface area contributed by atoms with Crippen LogP contribution in [0.25, 0.3) is 0 Å². The fourth-order valence-electron chi connectivity index (χ4n) is 3.48. The molecule has 0 aliphatic carbocycles. The molecule has 4 nitrogen and oxygen atoms in total. The Morgan fingerprint density at radius 3 is 2.36 bits per heavy atom. The van der Waals surface area contributed by atoms with E-state index >= 15 is 0 Å². The Balaban J connectivity index is 1.53. The van der Waals surface area contributed by atoms with Crippen molar-refractivity contribution in [1.82, 2.24) is 10.2 Å². The number of hydrogen-bond acceptors (Lipinski definition) is 4. The van der Waals surface area contributed by atoms with Gasteiger partial charge >= 0.3 is 0 Å². The summed E-state index contributed by atoms with van der Waals surface area (Å²) in [4.78, 5) is 19.5. The van der Waals surface area contributed by atoms with Crippen molar-refractivity contribution in [1.29, 1.82) is 0 Å². The summed E-state index contributed by atoms with van der Waals surface area (Å²) >= 11 is 1.81. The van der Waals surface area contributed by atoms with Gasteiger partial charge in [0, 0.05) is 42.4 Å². The van der Waals surface area contributed by atoms with E-state index in [1.807, 2.05) is 4.90 Å². The predicted octanol–water partition coefficient (Wildman–Crippen LogP) is 3.50. The topological polar surface area (TPSA) is 35.6 Å². The van der Waals surface area contributed by atoms with E-state index in [1.54, 1.807) is 11.8 Å². The number of benzene rings is 2. The molecule has 2 aromatic rings. The molecule has 0 radical (unpaired) electrons. The zero-order chi connectivity index (χ0) is 17.1. The molecule has 1 fully saturated rings. The molecule has 0 aromatic heterocycles. The Morgan fingerprint density at radius 1 is 0.960 bits per heavy atom. The summed E-state index contributed by atoms with van der Waals surface area (Å²) in [5.41, 5.74) is 2.41. The van der Waals surface area contributed by atoms with Crippen LogP contribution in [0.3, 0.4) is 0 Å². The highest BCUT2D eigenvalue weighted by Gasteiger charge is 2.24. The van der Waals surface area contributed by atoms with Crippen LogP contribution >= 0.6 is 11.8 Å². The second-order valence-corrected chi connectivity index (χ2v) is 7.51. The fraction of sp³-hybridized carbons (Fsp3) is 0.350. The number of nitrogens with one attached hydrogen (secondary N) is 1. The summed E-state index contributed by atoms with van der Waals surface area (Å²) in [6.45, 7) is 4.32. The lowest BCUT2D eigenvalue weighted by atomic mass is 10.2. The zero-order valence-electron chi connectivity index (χ0n) is 14.3. The van der Waals surface area contributed by atoms with Gasteiger partial charge in [0.15, 0.2) is 0 Å². The lowest BCUT2D eigenvalue weighted by Crippen LogP contribution is -2.36. The SMILES string of the molecule is O=C(CCN1c2ccccc2Sc2ccccc21)N1CCCNCC1. The Kier molecular flexibility index (Phi) is 4.95.